The van der Waals surface area contributed by atoms with Gasteiger partial charge in [-0.2, -0.15) is 0 Å². The van der Waals surface area contributed by atoms with Crippen molar-refractivity contribution in [1.82, 2.24) is 4.90 Å². The summed E-state index contributed by atoms with van der Waals surface area (Å²) in [6, 6.07) is 6.77. The van der Waals surface area contributed by atoms with Crippen molar-refractivity contribution in [2.24, 2.45) is 5.92 Å². The lowest BCUT2D eigenvalue weighted by Gasteiger charge is -2.27. The molecule has 1 aromatic rings. The van der Waals surface area contributed by atoms with Gasteiger partial charge in [0.1, 0.15) is 5.82 Å². The highest BCUT2D eigenvalue weighted by atomic mass is 19.1. The van der Waals surface area contributed by atoms with Crippen LogP contribution in [0.3, 0.4) is 0 Å². The zero-order chi connectivity index (χ0) is 13.9. The molecule has 1 aliphatic carbocycles. The maximum Gasteiger partial charge on any atom is 0.123 e. The Labute approximate surface area is 119 Å². The second kappa shape index (κ2) is 6.20. The molecule has 0 amide bonds. The molecule has 1 N–H and O–H groups in total. The van der Waals surface area contributed by atoms with E-state index in [2.05, 4.69) is 4.90 Å². The minimum Gasteiger partial charge on any atom is -0.387 e. The molecule has 1 aliphatic heterocycles. The smallest absolute Gasteiger partial charge is 0.123 e. The number of rotatable bonds is 6. The van der Waals surface area contributed by atoms with Crippen LogP contribution in [0.15, 0.2) is 24.3 Å². The quantitative estimate of drug-likeness (QED) is 0.867. The largest absolute Gasteiger partial charge is 0.387 e. The van der Waals surface area contributed by atoms with Gasteiger partial charge in [-0.3, -0.25) is 4.90 Å². The van der Waals surface area contributed by atoms with Crippen LogP contribution in [-0.4, -0.2) is 42.4 Å². The topological polar surface area (TPSA) is 32.7 Å². The van der Waals surface area contributed by atoms with Crippen molar-refractivity contribution in [2.45, 2.75) is 31.4 Å². The van der Waals surface area contributed by atoms with Crippen molar-refractivity contribution in [2.75, 3.05) is 26.3 Å². The van der Waals surface area contributed by atoms with Crippen LogP contribution >= 0.6 is 0 Å². The van der Waals surface area contributed by atoms with Crippen LogP contribution in [-0.2, 0) is 4.74 Å². The molecule has 4 heteroatoms. The predicted octanol–water partition coefficient (Wildman–Crippen LogP) is 2.36. The molecule has 2 unspecified atom stereocenters. The minimum absolute atomic E-state index is 0.261. The van der Waals surface area contributed by atoms with E-state index in [1.165, 1.54) is 25.0 Å². The number of aliphatic hydroxyl groups is 1. The number of aliphatic hydroxyl groups excluding tert-OH is 1. The van der Waals surface area contributed by atoms with Gasteiger partial charge in [0.2, 0.25) is 0 Å². The lowest BCUT2D eigenvalue weighted by atomic mass is 10.1. The summed E-state index contributed by atoms with van der Waals surface area (Å²) < 4.78 is 18.3. The summed E-state index contributed by atoms with van der Waals surface area (Å²) in [7, 11) is 0. The van der Waals surface area contributed by atoms with E-state index in [0.717, 1.165) is 31.7 Å². The average Bonchev–Trinajstić information content (AvgIpc) is 3.17. The molecule has 1 saturated carbocycles. The van der Waals surface area contributed by atoms with Crippen molar-refractivity contribution in [3.05, 3.63) is 35.6 Å². The fourth-order valence-corrected chi connectivity index (χ4v) is 2.88. The lowest BCUT2D eigenvalue weighted by Crippen LogP contribution is -2.35. The van der Waals surface area contributed by atoms with Crippen molar-refractivity contribution in [1.29, 1.82) is 0 Å². The molecule has 3 rings (SSSR count). The lowest BCUT2D eigenvalue weighted by molar-refractivity contribution is 0.0939. The zero-order valence-electron chi connectivity index (χ0n) is 11.7. The van der Waals surface area contributed by atoms with Gasteiger partial charge in [-0.15, -0.1) is 0 Å². The summed E-state index contributed by atoms with van der Waals surface area (Å²) in [6.45, 7) is 3.34. The van der Waals surface area contributed by atoms with E-state index >= 15 is 0 Å². The molecule has 110 valence electrons. The Morgan fingerprint density at radius 3 is 2.60 bits per heavy atom. The molecule has 1 aromatic carbocycles. The van der Waals surface area contributed by atoms with Gasteiger partial charge in [-0.25, -0.2) is 4.39 Å². The number of ether oxygens (including phenoxy) is 1. The fraction of sp³-hybridized carbons (Fsp3) is 0.625. The van der Waals surface area contributed by atoms with Crippen LogP contribution in [0.4, 0.5) is 4.39 Å². The van der Waals surface area contributed by atoms with E-state index in [1.54, 1.807) is 12.1 Å². The number of benzene rings is 1. The summed E-state index contributed by atoms with van der Waals surface area (Å²) in [5.41, 5.74) is 0.791. The van der Waals surface area contributed by atoms with Gasteiger partial charge < -0.3 is 9.84 Å². The maximum absolute atomic E-state index is 12.9. The molecule has 0 bridgehead atoms. The second-order valence-corrected chi connectivity index (χ2v) is 5.98. The molecule has 20 heavy (non-hydrogen) atoms. The Bertz CT molecular complexity index is 427. The monoisotopic (exact) mass is 279 g/mol. The summed E-state index contributed by atoms with van der Waals surface area (Å²) in [5, 5.41) is 10.3. The third-order valence-corrected chi connectivity index (χ3v) is 4.24. The highest BCUT2D eigenvalue weighted by Gasteiger charge is 2.32. The highest BCUT2D eigenvalue weighted by molar-refractivity contribution is 5.18. The second-order valence-electron chi connectivity index (χ2n) is 5.98. The summed E-state index contributed by atoms with van der Waals surface area (Å²) in [6.07, 6.45) is 3.03. The fourth-order valence-electron chi connectivity index (χ4n) is 2.88. The van der Waals surface area contributed by atoms with Crippen molar-refractivity contribution < 1.29 is 14.2 Å². The molecule has 2 fully saturated rings. The first-order valence-electron chi connectivity index (χ1n) is 7.47. The predicted molar refractivity (Wildman–Crippen MR) is 74.9 cm³/mol. The average molecular weight is 279 g/mol. The first-order valence-corrected chi connectivity index (χ1v) is 7.47. The first-order chi connectivity index (χ1) is 9.72. The van der Waals surface area contributed by atoms with Crippen molar-refractivity contribution >= 4 is 0 Å². The molecule has 1 saturated heterocycles. The Morgan fingerprint density at radius 1 is 1.25 bits per heavy atom. The van der Waals surface area contributed by atoms with Crippen molar-refractivity contribution in [3.8, 4) is 0 Å². The Balaban J connectivity index is 1.59. The van der Waals surface area contributed by atoms with Gasteiger partial charge in [-0.1, -0.05) is 12.1 Å². The Morgan fingerprint density at radius 2 is 2.00 bits per heavy atom. The molecule has 3 nitrogen and oxygen atoms in total. The summed E-state index contributed by atoms with van der Waals surface area (Å²) in [5.74, 6) is 0.333. The highest BCUT2D eigenvalue weighted by Crippen LogP contribution is 2.30. The first kappa shape index (κ1) is 14.0. The van der Waals surface area contributed by atoms with Crippen LogP contribution in [0.25, 0.3) is 0 Å². The molecular weight excluding hydrogens is 257 g/mol. The SMILES string of the molecule is OC(CN(CC1CCOC1)C1CC1)c1ccc(F)cc1. The summed E-state index contributed by atoms with van der Waals surface area (Å²) in [4.78, 5) is 2.38. The van der Waals surface area contributed by atoms with Gasteiger partial charge in [0.05, 0.1) is 12.7 Å². The van der Waals surface area contributed by atoms with Crippen LogP contribution in [0, 0.1) is 11.7 Å². The Hall–Kier alpha value is -0.970. The minimum atomic E-state index is -0.543. The molecule has 0 aromatic heterocycles. The van der Waals surface area contributed by atoms with Crippen molar-refractivity contribution in [3.63, 3.8) is 0 Å². The Kier molecular flexibility index (Phi) is 4.34. The van der Waals surface area contributed by atoms with Crippen LogP contribution in [0.5, 0.6) is 0 Å². The van der Waals surface area contributed by atoms with Gasteiger partial charge >= 0.3 is 0 Å². The van der Waals surface area contributed by atoms with Gasteiger partial charge in [-0.05, 0) is 42.9 Å². The number of hydrogen-bond donors (Lipinski definition) is 1. The van der Waals surface area contributed by atoms with E-state index in [1.807, 2.05) is 0 Å². The van der Waals surface area contributed by atoms with E-state index in [0.29, 0.717) is 18.5 Å². The van der Waals surface area contributed by atoms with Gasteiger partial charge in [0.15, 0.2) is 0 Å². The molecule has 0 radical (unpaired) electrons. The molecule has 0 spiro atoms. The normalized spacial score (nSPS) is 24.2. The van der Waals surface area contributed by atoms with Crippen LogP contribution in [0.1, 0.15) is 30.9 Å². The molecule has 2 aliphatic rings. The third kappa shape index (κ3) is 3.57. The molecular formula is C16H22FNO2. The van der Waals surface area contributed by atoms with E-state index in [-0.39, 0.29) is 5.82 Å². The third-order valence-electron chi connectivity index (χ3n) is 4.24. The summed E-state index contributed by atoms with van der Waals surface area (Å²) >= 11 is 0. The maximum atomic E-state index is 12.9. The van der Waals surface area contributed by atoms with E-state index in [4.69, 9.17) is 4.74 Å². The van der Waals surface area contributed by atoms with Gasteiger partial charge in [0.25, 0.3) is 0 Å². The van der Waals surface area contributed by atoms with E-state index in [9.17, 15) is 9.50 Å². The molecule has 1 heterocycles. The molecule has 2 atom stereocenters. The number of nitrogens with zero attached hydrogens (tertiary/aromatic N) is 1. The van der Waals surface area contributed by atoms with Crippen LogP contribution < -0.4 is 0 Å². The number of hydrogen-bond acceptors (Lipinski definition) is 3. The zero-order valence-corrected chi connectivity index (χ0v) is 11.7. The standard InChI is InChI=1S/C16H22FNO2/c17-14-3-1-13(2-4-14)16(19)10-18(15-5-6-15)9-12-7-8-20-11-12/h1-4,12,15-16,19H,5-11H2. The van der Waals surface area contributed by atoms with Crippen LogP contribution in [0.2, 0.25) is 0 Å². The van der Waals surface area contributed by atoms with E-state index < -0.39 is 6.10 Å². The van der Waals surface area contributed by atoms with Gasteiger partial charge in [0, 0.05) is 25.7 Å². The number of halogens is 1.